The lowest BCUT2D eigenvalue weighted by atomic mass is 10.2. The monoisotopic (exact) mass is 279 g/mol. The summed E-state index contributed by atoms with van der Waals surface area (Å²) in [4.78, 5) is 11.1. The first-order valence-electron chi connectivity index (χ1n) is 6.82. The molecule has 4 heteroatoms. The van der Waals surface area contributed by atoms with Crippen molar-refractivity contribution in [2.75, 3.05) is 19.1 Å². The molecular weight excluding hydrogens is 262 g/mol. The predicted molar refractivity (Wildman–Crippen MR) is 84.6 cm³/mol. The molecule has 0 aliphatic carbocycles. The van der Waals surface area contributed by atoms with Crippen molar-refractivity contribution in [2.45, 2.75) is 6.54 Å². The molecule has 106 valence electrons. The zero-order valence-electron chi connectivity index (χ0n) is 12.2. The largest absolute Gasteiger partial charge is 0.497 e. The van der Waals surface area contributed by atoms with E-state index in [1.165, 1.54) is 0 Å². The molecule has 3 rings (SSSR count). The number of pyridine rings is 2. The van der Waals surface area contributed by atoms with Gasteiger partial charge in [0.15, 0.2) is 0 Å². The van der Waals surface area contributed by atoms with Gasteiger partial charge in [0.25, 0.3) is 0 Å². The van der Waals surface area contributed by atoms with Crippen LogP contribution in [0.25, 0.3) is 10.9 Å². The molecule has 0 amide bonds. The summed E-state index contributed by atoms with van der Waals surface area (Å²) >= 11 is 0. The quantitative estimate of drug-likeness (QED) is 0.734. The molecular formula is C17H17N3O. The average molecular weight is 279 g/mol. The smallest absolute Gasteiger partial charge is 0.129 e. The Morgan fingerprint density at radius 3 is 2.76 bits per heavy atom. The lowest BCUT2D eigenvalue weighted by Gasteiger charge is -2.18. The van der Waals surface area contributed by atoms with E-state index in [2.05, 4.69) is 20.9 Å². The Morgan fingerprint density at radius 1 is 1.10 bits per heavy atom. The molecule has 3 aromatic rings. The summed E-state index contributed by atoms with van der Waals surface area (Å²) in [5.41, 5.74) is 1.98. The molecule has 0 bridgehead atoms. The second-order valence-corrected chi connectivity index (χ2v) is 4.91. The van der Waals surface area contributed by atoms with E-state index >= 15 is 0 Å². The molecule has 0 saturated carbocycles. The molecule has 0 atom stereocenters. The summed E-state index contributed by atoms with van der Waals surface area (Å²) in [5, 5.41) is 1.07. The zero-order valence-corrected chi connectivity index (χ0v) is 12.2. The first kappa shape index (κ1) is 13.4. The van der Waals surface area contributed by atoms with Crippen molar-refractivity contribution >= 4 is 16.7 Å². The molecule has 0 radical (unpaired) electrons. The number of benzene rings is 1. The van der Waals surface area contributed by atoms with Gasteiger partial charge in [-0.25, -0.2) is 4.98 Å². The van der Waals surface area contributed by atoms with Crippen LogP contribution >= 0.6 is 0 Å². The molecule has 0 aliphatic rings. The number of fused-ring (bicyclic) bond motifs is 1. The second-order valence-electron chi connectivity index (χ2n) is 4.91. The Labute approximate surface area is 124 Å². The van der Waals surface area contributed by atoms with Crippen molar-refractivity contribution in [1.82, 2.24) is 9.97 Å². The van der Waals surface area contributed by atoms with Crippen molar-refractivity contribution in [3.63, 3.8) is 0 Å². The van der Waals surface area contributed by atoms with Gasteiger partial charge in [-0.2, -0.15) is 0 Å². The molecule has 0 spiro atoms. The maximum atomic E-state index is 5.23. The highest BCUT2D eigenvalue weighted by atomic mass is 16.5. The van der Waals surface area contributed by atoms with Gasteiger partial charge in [-0.05, 0) is 42.5 Å². The van der Waals surface area contributed by atoms with E-state index in [0.717, 1.165) is 34.7 Å². The van der Waals surface area contributed by atoms with Crippen LogP contribution in [0.5, 0.6) is 5.75 Å². The zero-order chi connectivity index (χ0) is 14.7. The number of anilines is 1. The number of aromatic nitrogens is 2. The molecule has 1 aromatic carbocycles. The number of hydrogen-bond donors (Lipinski definition) is 0. The number of ether oxygens (including phenoxy) is 1. The van der Waals surface area contributed by atoms with Crippen LogP contribution in [-0.4, -0.2) is 24.1 Å². The fraction of sp³-hybridized carbons (Fsp3) is 0.176. The van der Waals surface area contributed by atoms with Gasteiger partial charge in [-0.15, -0.1) is 0 Å². The molecule has 21 heavy (non-hydrogen) atoms. The lowest BCUT2D eigenvalue weighted by Crippen LogP contribution is -2.18. The minimum atomic E-state index is 0.732. The maximum absolute atomic E-state index is 5.23. The summed E-state index contributed by atoms with van der Waals surface area (Å²) < 4.78 is 5.23. The summed E-state index contributed by atoms with van der Waals surface area (Å²) in [6, 6.07) is 15.9. The van der Waals surface area contributed by atoms with Crippen LogP contribution in [0.15, 0.2) is 54.7 Å². The molecule has 2 aromatic heterocycles. The van der Waals surface area contributed by atoms with Crippen molar-refractivity contribution in [1.29, 1.82) is 0 Å². The van der Waals surface area contributed by atoms with Gasteiger partial charge in [0.2, 0.25) is 0 Å². The van der Waals surface area contributed by atoms with Gasteiger partial charge in [0.1, 0.15) is 11.6 Å². The topological polar surface area (TPSA) is 38.2 Å². The second kappa shape index (κ2) is 5.79. The van der Waals surface area contributed by atoms with Crippen molar-refractivity contribution in [3.05, 3.63) is 60.4 Å². The third-order valence-corrected chi connectivity index (χ3v) is 3.40. The molecule has 0 unspecified atom stereocenters. The van der Waals surface area contributed by atoms with E-state index < -0.39 is 0 Å². The summed E-state index contributed by atoms with van der Waals surface area (Å²) in [6.07, 6.45) is 1.81. The first-order chi connectivity index (χ1) is 10.3. The minimum absolute atomic E-state index is 0.732. The Bertz CT molecular complexity index is 743. The van der Waals surface area contributed by atoms with Crippen LogP contribution in [0, 0.1) is 0 Å². The molecule has 0 fully saturated rings. The number of methoxy groups -OCH3 is 1. The first-order valence-corrected chi connectivity index (χ1v) is 6.82. The fourth-order valence-corrected chi connectivity index (χ4v) is 2.25. The van der Waals surface area contributed by atoms with Gasteiger partial charge in [0, 0.05) is 18.6 Å². The summed E-state index contributed by atoms with van der Waals surface area (Å²) in [6.45, 7) is 0.732. The highest BCUT2D eigenvalue weighted by Gasteiger charge is 2.06. The molecule has 2 heterocycles. The highest BCUT2D eigenvalue weighted by Crippen LogP contribution is 2.22. The van der Waals surface area contributed by atoms with Gasteiger partial charge < -0.3 is 9.64 Å². The van der Waals surface area contributed by atoms with Crippen LogP contribution in [0.4, 0.5) is 5.82 Å². The Balaban J connectivity index is 1.86. The van der Waals surface area contributed by atoms with Crippen LogP contribution < -0.4 is 9.64 Å². The maximum Gasteiger partial charge on any atom is 0.129 e. The van der Waals surface area contributed by atoms with Crippen LogP contribution in [0.3, 0.4) is 0 Å². The van der Waals surface area contributed by atoms with Gasteiger partial charge in [0.05, 0.1) is 24.9 Å². The molecule has 0 aliphatic heterocycles. The van der Waals surface area contributed by atoms with E-state index in [1.54, 1.807) is 7.11 Å². The standard InChI is InChI=1S/C17H17N3O/c1-20(12-14-5-3-4-10-18-14)17-9-6-13-11-15(21-2)7-8-16(13)19-17/h3-11H,12H2,1-2H3. The van der Waals surface area contributed by atoms with E-state index in [0.29, 0.717) is 0 Å². The van der Waals surface area contributed by atoms with Crippen molar-refractivity contribution in [3.8, 4) is 5.75 Å². The summed E-state index contributed by atoms with van der Waals surface area (Å²) in [5.74, 6) is 1.78. The number of hydrogen-bond acceptors (Lipinski definition) is 4. The third-order valence-electron chi connectivity index (χ3n) is 3.40. The highest BCUT2D eigenvalue weighted by molar-refractivity contribution is 5.81. The summed E-state index contributed by atoms with van der Waals surface area (Å²) in [7, 11) is 3.69. The fourth-order valence-electron chi connectivity index (χ4n) is 2.25. The number of rotatable bonds is 4. The van der Waals surface area contributed by atoms with E-state index in [9.17, 15) is 0 Å². The van der Waals surface area contributed by atoms with Crippen molar-refractivity contribution < 1.29 is 4.74 Å². The normalized spacial score (nSPS) is 10.6. The van der Waals surface area contributed by atoms with Gasteiger partial charge in [-0.1, -0.05) is 6.07 Å². The molecule has 0 N–H and O–H groups in total. The van der Waals surface area contributed by atoms with E-state index in [4.69, 9.17) is 4.74 Å². The third kappa shape index (κ3) is 2.94. The van der Waals surface area contributed by atoms with Crippen LogP contribution in [0.1, 0.15) is 5.69 Å². The minimum Gasteiger partial charge on any atom is -0.497 e. The Hall–Kier alpha value is -2.62. The Kier molecular flexibility index (Phi) is 3.69. The average Bonchev–Trinajstić information content (AvgIpc) is 2.54. The molecule has 0 saturated heterocycles. The van der Waals surface area contributed by atoms with Gasteiger partial charge >= 0.3 is 0 Å². The SMILES string of the molecule is COc1ccc2nc(N(C)Cc3ccccn3)ccc2c1. The van der Waals surface area contributed by atoms with Gasteiger partial charge in [-0.3, -0.25) is 4.98 Å². The van der Waals surface area contributed by atoms with Crippen LogP contribution in [-0.2, 0) is 6.54 Å². The van der Waals surface area contributed by atoms with E-state index in [-0.39, 0.29) is 0 Å². The van der Waals surface area contributed by atoms with Crippen LogP contribution in [0.2, 0.25) is 0 Å². The number of nitrogens with zero attached hydrogens (tertiary/aromatic N) is 3. The predicted octanol–water partition coefficient (Wildman–Crippen LogP) is 3.27. The molecule has 4 nitrogen and oxygen atoms in total. The van der Waals surface area contributed by atoms with Crippen molar-refractivity contribution in [2.24, 2.45) is 0 Å². The lowest BCUT2D eigenvalue weighted by molar-refractivity contribution is 0.415. The Morgan fingerprint density at radius 2 is 2.00 bits per heavy atom. The van der Waals surface area contributed by atoms with E-state index in [1.807, 2.05) is 55.7 Å².